The van der Waals surface area contributed by atoms with Crippen molar-refractivity contribution in [3.63, 3.8) is 0 Å². The molecule has 23 heavy (non-hydrogen) atoms. The van der Waals surface area contributed by atoms with Crippen molar-refractivity contribution in [1.82, 2.24) is 4.98 Å². The maximum Gasteiger partial charge on any atom is 0.145 e. The van der Waals surface area contributed by atoms with Crippen molar-refractivity contribution in [2.24, 2.45) is 0 Å². The number of nitrogens with one attached hydrogen (secondary N) is 1. The molecule has 0 amide bonds. The highest BCUT2D eigenvalue weighted by atomic mass is 19.1. The molecule has 4 nitrogen and oxygen atoms in total. The average Bonchev–Trinajstić information content (AvgIpc) is 2.58. The fourth-order valence-corrected chi connectivity index (χ4v) is 2.84. The summed E-state index contributed by atoms with van der Waals surface area (Å²) in [5.41, 5.74) is 2.35. The molecule has 0 unspecified atom stereocenters. The van der Waals surface area contributed by atoms with Crippen LogP contribution in [-0.2, 0) is 0 Å². The molecule has 2 heterocycles. The molecule has 5 heteroatoms. The lowest BCUT2D eigenvalue weighted by Crippen LogP contribution is -2.39. The zero-order valence-electron chi connectivity index (χ0n) is 13.1. The number of aryl methyl sites for hydroxylation is 1. The predicted octanol–water partition coefficient (Wildman–Crippen LogP) is 3.48. The number of hydrogen-bond acceptors (Lipinski definition) is 4. The number of piperidine rings is 1. The molecule has 0 aliphatic carbocycles. The van der Waals surface area contributed by atoms with E-state index < -0.39 is 0 Å². The van der Waals surface area contributed by atoms with E-state index in [1.807, 2.05) is 19.1 Å². The summed E-state index contributed by atoms with van der Waals surface area (Å²) in [6.45, 7) is 3.67. The van der Waals surface area contributed by atoms with Gasteiger partial charge in [-0.25, -0.2) is 9.37 Å². The van der Waals surface area contributed by atoms with Gasteiger partial charge in [-0.05, 0) is 55.7 Å². The fourth-order valence-electron chi connectivity index (χ4n) is 2.84. The molecule has 118 valence electrons. The summed E-state index contributed by atoms with van der Waals surface area (Å²) in [5, 5.41) is 12.5. The quantitative estimate of drug-likeness (QED) is 0.943. The summed E-state index contributed by atoms with van der Waals surface area (Å²) in [7, 11) is 0. The molecule has 3 rings (SSSR count). The lowest BCUT2D eigenvalue weighted by Gasteiger charge is -2.33. The molecule has 1 fully saturated rings. The van der Waals surface area contributed by atoms with Crippen LogP contribution < -0.4 is 10.2 Å². The van der Waals surface area contributed by atoms with Crippen molar-refractivity contribution >= 4 is 11.5 Å². The van der Waals surface area contributed by atoms with Crippen molar-refractivity contribution in [2.75, 3.05) is 23.3 Å². The summed E-state index contributed by atoms with van der Waals surface area (Å²) in [5.74, 6) is 0.650. The van der Waals surface area contributed by atoms with Gasteiger partial charge in [-0.2, -0.15) is 5.26 Å². The SMILES string of the molecule is Cc1ccc(N2CCC(Nc3ccc(F)cc3)CC2)nc1C#N. The number of aromatic nitrogens is 1. The number of pyridine rings is 1. The highest BCUT2D eigenvalue weighted by molar-refractivity contribution is 5.47. The third kappa shape index (κ3) is 3.59. The van der Waals surface area contributed by atoms with Gasteiger partial charge < -0.3 is 10.2 Å². The Morgan fingerprint density at radius 3 is 2.52 bits per heavy atom. The topological polar surface area (TPSA) is 52.0 Å². The molecule has 1 saturated heterocycles. The van der Waals surface area contributed by atoms with Crippen LogP contribution in [0, 0.1) is 24.1 Å². The number of nitrogens with zero attached hydrogens (tertiary/aromatic N) is 3. The van der Waals surface area contributed by atoms with E-state index in [4.69, 9.17) is 5.26 Å². The Bertz CT molecular complexity index is 713. The van der Waals surface area contributed by atoms with Crippen LogP contribution in [0.4, 0.5) is 15.9 Å². The van der Waals surface area contributed by atoms with Crippen molar-refractivity contribution < 1.29 is 4.39 Å². The molecule has 0 bridgehead atoms. The number of halogens is 1. The van der Waals surface area contributed by atoms with Crippen LogP contribution in [0.15, 0.2) is 36.4 Å². The Kier molecular flexibility index (Phi) is 4.42. The molecule has 0 saturated carbocycles. The van der Waals surface area contributed by atoms with Crippen LogP contribution in [0.2, 0.25) is 0 Å². The molecule has 0 atom stereocenters. The van der Waals surface area contributed by atoms with E-state index in [9.17, 15) is 4.39 Å². The van der Waals surface area contributed by atoms with E-state index in [2.05, 4.69) is 21.3 Å². The molecule has 1 aromatic heterocycles. The van der Waals surface area contributed by atoms with Gasteiger partial charge in [0.2, 0.25) is 0 Å². The van der Waals surface area contributed by atoms with Crippen LogP contribution in [-0.4, -0.2) is 24.1 Å². The normalized spacial score (nSPS) is 15.3. The minimum absolute atomic E-state index is 0.218. The Hall–Kier alpha value is -2.61. The van der Waals surface area contributed by atoms with Crippen LogP contribution in [0.25, 0.3) is 0 Å². The minimum atomic E-state index is -0.218. The van der Waals surface area contributed by atoms with E-state index in [1.165, 1.54) is 12.1 Å². The molecular formula is C18H19FN4. The first-order chi connectivity index (χ1) is 11.2. The highest BCUT2D eigenvalue weighted by Gasteiger charge is 2.20. The van der Waals surface area contributed by atoms with Crippen molar-refractivity contribution in [3.05, 3.63) is 53.5 Å². The van der Waals surface area contributed by atoms with Gasteiger partial charge in [0.05, 0.1) is 0 Å². The van der Waals surface area contributed by atoms with Gasteiger partial charge in [0.15, 0.2) is 0 Å². The van der Waals surface area contributed by atoms with Crippen LogP contribution in [0.1, 0.15) is 24.1 Å². The second-order valence-electron chi connectivity index (χ2n) is 5.86. The first-order valence-electron chi connectivity index (χ1n) is 7.80. The van der Waals surface area contributed by atoms with Gasteiger partial charge in [0.1, 0.15) is 23.4 Å². The molecule has 0 spiro atoms. The number of hydrogen-bond donors (Lipinski definition) is 1. The highest BCUT2D eigenvalue weighted by Crippen LogP contribution is 2.22. The molecule has 0 radical (unpaired) electrons. The predicted molar refractivity (Wildman–Crippen MR) is 88.9 cm³/mol. The van der Waals surface area contributed by atoms with Gasteiger partial charge in [-0.3, -0.25) is 0 Å². The molecule has 1 aliphatic heterocycles. The number of benzene rings is 1. The van der Waals surface area contributed by atoms with Gasteiger partial charge >= 0.3 is 0 Å². The maximum absolute atomic E-state index is 12.9. The van der Waals surface area contributed by atoms with E-state index in [-0.39, 0.29) is 5.82 Å². The third-order valence-electron chi connectivity index (χ3n) is 4.22. The molecular weight excluding hydrogens is 291 g/mol. The summed E-state index contributed by atoms with van der Waals surface area (Å²) in [6, 6.07) is 12.9. The Morgan fingerprint density at radius 2 is 1.87 bits per heavy atom. The number of nitriles is 1. The van der Waals surface area contributed by atoms with Gasteiger partial charge in [0, 0.05) is 24.8 Å². The Labute approximate surface area is 135 Å². The zero-order chi connectivity index (χ0) is 16.2. The summed E-state index contributed by atoms with van der Waals surface area (Å²) in [6.07, 6.45) is 1.96. The van der Waals surface area contributed by atoms with Crippen molar-refractivity contribution in [2.45, 2.75) is 25.8 Å². The maximum atomic E-state index is 12.9. The molecule has 1 aromatic carbocycles. The molecule has 1 N–H and O–H groups in total. The van der Waals surface area contributed by atoms with Crippen LogP contribution in [0.5, 0.6) is 0 Å². The van der Waals surface area contributed by atoms with Gasteiger partial charge in [-0.15, -0.1) is 0 Å². The largest absolute Gasteiger partial charge is 0.382 e. The smallest absolute Gasteiger partial charge is 0.145 e. The third-order valence-corrected chi connectivity index (χ3v) is 4.22. The zero-order valence-corrected chi connectivity index (χ0v) is 13.1. The van der Waals surface area contributed by atoms with Gasteiger partial charge in [0.25, 0.3) is 0 Å². The van der Waals surface area contributed by atoms with Gasteiger partial charge in [-0.1, -0.05) is 6.07 Å². The summed E-state index contributed by atoms with van der Waals surface area (Å²) >= 11 is 0. The Morgan fingerprint density at radius 1 is 1.17 bits per heavy atom. The minimum Gasteiger partial charge on any atom is -0.382 e. The molecule has 1 aliphatic rings. The number of anilines is 2. The first-order valence-corrected chi connectivity index (χ1v) is 7.80. The Balaban J connectivity index is 1.60. The standard InChI is InChI=1S/C18H19FN4/c1-13-2-7-18(22-17(13)12-20)23-10-8-16(9-11-23)21-15-5-3-14(19)4-6-15/h2-7,16,21H,8-11H2,1H3. The lowest BCUT2D eigenvalue weighted by atomic mass is 10.0. The number of rotatable bonds is 3. The van der Waals surface area contributed by atoms with E-state index in [0.717, 1.165) is 43.0 Å². The van der Waals surface area contributed by atoms with Crippen molar-refractivity contribution in [3.8, 4) is 6.07 Å². The van der Waals surface area contributed by atoms with Crippen LogP contribution >= 0.6 is 0 Å². The lowest BCUT2D eigenvalue weighted by molar-refractivity contribution is 0.523. The monoisotopic (exact) mass is 310 g/mol. The second-order valence-corrected chi connectivity index (χ2v) is 5.86. The van der Waals surface area contributed by atoms with E-state index in [1.54, 1.807) is 12.1 Å². The second kappa shape index (κ2) is 6.66. The summed E-state index contributed by atoms with van der Waals surface area (Å²) in [4.78, 5) is 6.65. The summed E-state index contributed by atoms with van der Waals surface area (Å²) < 4.78 is 12.9. The molecule has 2 aromatic rings. The van der Waals surface area contributed by atoms with E-state index in [0.29, 0.717) is 11.7 Å². The van der Waals surface area contributed by atoms with Crippen LogP contribution in [0.3, 0.4) is 0 Å². The average molecular weight is 310 g/mol. The fraction of sp³-hybridized carbons (Fsp3) is 0.333. The van der Waals surface area contributed by atoms with Crippen molar-refractivity contribution in [1.29, 1.82) is 5.26 Å². The first kappa shape index (κ1) is 15.3. The van der Waals surface area contributed by atoms with E-state index >= 15 is 0 Å².